The highest BCUT2D eigenvalue weighted by Gasteiger charge is 2.18. The summed E-state index contributed by atoms with van der Waals surface area (Å²) in [4.78, 5) is 23.9. The zero-order chi connectivity index (χ0) is 18.7. The Balaban J connectivity index is 1.57. The number of rotatable bonds is 5. The van der Waals surface area contributed by atoms with Crippen LogP contribution >= 0.6 is 0 Å². The number of halogens is 2. The number of ether oxygens (including phenoxy) is 1. The second-order valence-electron chi connectivity index (χ2n) is 5.68. The van der Waals surface area contributed by atoms with Gasteiger partial charge in [-0.05, 0) is 25.1 Å². The molecule has 1 heterocycles. The molecule has 0 saturated heterocycles. The zero-order valence-electron chi connectivity index (χ0n) is 13.8. The van der Waals surface area contributed by atoms with Crippen LogP contribution in [0.2, 0.25) is 0 Å². The van der Waals surface area contributed by atoms with Gasteiger partial charge in [-0.3, -0.25) is 4.79 Å². The standard InChI is InChI=1S/C19H15F2NO4/c1-11(14-7-6-13(20)9-15(14)21)22-18(23)10-25-19(24)17-8-12-4-2-3-5-16(12)26-17/h2-9,11H,10H2,1H3,(H,22,23)/t11-/m0/s1. The van der Waals surface area contributed by atoms with Crippen molar-refractivity contribution >= 4 is 22.8 Å². The van der Waals surface area contributed by atoms with Crippen LogP contribution in [-0.4, -0.2) is 18.5 Å². The van der Waals surface area contributed by atoms with Gasteiger partial charge in [0.1, 0.15) is 17.2 Å². The van der Waals surface area contributed by atoms with Gasteiger partial charge in [-0.25, -0.2) is 13.6 Å². The maximum atomic E-state index is 13.7. The van der Waals surface area contributed by atoms with E-state index in [2.05, 4.69) is 5.32 Å². The minimum Gasteiger partial charge on any atom is -0.450 e. The molecule has 3 rings (SSSR count). The number of carbonyl (C=O) groups is 2. The molecule has 0 bridgehead atoms. The molecule has 0 fully saturated rings. The number of furan rings is 1. The number of nitrogens with one attached hydrogen (secondary N) is 1. The lowest BCUT2D eigenvalue weighted by Crippen LogP contribution is -2.31. The predicted octanol–water partition coefficient (Wildman–Crippen LogP) is 3.75. The smallest absolute Gasteiger partial charge is 0.374 e. The molecule has 0 aliphatic heterocycles. The van der Waals surface area contributed by atoms with Crippen LogP contribution < -0.4 is 5.32 Å². The molecule has 0 saturated carbocycles. The van der Waals surface area contributed by atoms with Crippen LogP contribution in [-0.2, 0) is 9.53 Å². The first-order chi connectivity index (χ1) is 12.4. The quantitative estimate of drug-likeness (QED) is 0.705. The number of hydrogen-bond donors (Lipinski definition) is 1. The molecule has 1 amide bonds. The van der Waals surface area contributed by atoms with E-state index in [4.69, 9.17) is 9.15 Å². The normalized spacial score (nSPS) is 12.0. The maximum absolute atomic E-state index is 13.7. The average Bonchev–Trinajstić information content (AvgIpc) is 3.03. The van der Waals surface area contributed by atoms with E-state index in [1.54, 1.807) is 24.3 Å². The van der Waals surface area contributed by atoms with Crippen molar-refractivity contribution in [1.29, 1.82) is 0 Å². The molecule has 26 heavy (non-hydrogen) atoms. The molecule has 0 aliphatic carbocycles. The van der Waals surface area contributed by atoms with Crippen molar-refractivity contribution in [2.75, 3.05) is 6.61 Å². The van der Waals surface area contributed by atoms with Gasteiger partial charge in [-0.2, -0.15) is 0 Å². The second kappa shape index (κ2) is 7.35. The lowest BCUT2D eigenvalue weighted by Gasteiger charge is -2.15. The third kappa shape index (κ3) is 3.88. The molecule has 1 atom stereocenters. The number of carbonyl (C=O) groups excluding carboxylic acids is 2. The van der Waals surface area contributed by atoms with Gasteiger partial charge in [0, 0.05) is 17.0 Å². The molecule has 7 heteroatoms. The average molecular weight is 359 g/mol. The summed E-state index contributed by atoms with van der Waals surface area (Å²) in [5, 5.41) is 3.22. The molecule has 0 spiro atoms. The molecular formula is C19H15F2NO4. The third-order valence-corrected chi connectivity index (χ3v) is 3.77. The van der Waals surface area contributed by atoms with Crippen molar-refractivity contribution < 1.29 is 27.5 Å². The zero-order valence-corrected chi connectivity index (χ0v) is 13.8. The van der Waals surface area contributed by atoms with Crippen LogP contribution in [0.15, 0.2) is 52.9 Å². The fourth-order valence-electron chi connectivity index (χ4n) is 2.50. The minimum absolute atomic E-state index is 0.0170. The van der Waals surface area contributed by atoms with Crippen molar-refractivity contribution in [2.24, 2.45) is 0 Å². The van der Waals surface area contributed by atoms with E-state index in [0.717, 1.165) is 17.5 Å². The first kappa shape index (κ1) is 17.6. The molecule has 0 radical (unpaired) electrons. The summed E-state index contributed by atoms with van der Waals surface area (Å²) < 4.78 is 36.9. The van der Waals surface area contributed by atoms with Crippen molar-refractivity contribution in [3.63, 3.8) is 0 Å². The van der Waals surface area contributed by atoms with Crippen molar-refractivity contribution in [3.05, 3.63) is 71.5 Å². The van der Waals surface area contributed by atoms with Gasteiger partial charge in [0.25, 0.3) is 5.91 Å². The fourth-order valence-corrected chi connectivity index (χ4v) is 2.50. The largest absolute Gasteiger partial charge is 0.450 e. The summed E-state index contributed by atoms with van der Waals surface area (Å²) >= 11 is 0. The Labute approximate surface area is 147 Å². The molecular weight excluding hydrogens is 344 g/mol. The Kier molecular flexibility index (Phi) is 4.97. The topological polar surface area (TPSA) is 68.5 Å². The highest BCUT2D eigenvalue weighted by atomic mass is 19.1. The highest BCUT2D eigenvalue weighted by molar-refractivity contribution is 5.93. The maximum Gasteiger partial charge on any atom is 0.374 e. The summed E-state index contributed by atoms with van der Waals surface area (Å²) in [6.07, 6.45) is 0. The van der Waals surface area contributed by atoms with Crippen molar-refractivity contribution in [1.82, 2.24) is 5.32 Å². The summed E-state index contributed by atoms with van der Waals surface area (Å²) in [6.45, 7) is 0.984. The van der Waals surface area contributed by atoms with Crippen LogP contribution in [0.1, 0.15) is 29.1 Å². The van der Waals surface area contributed by atoms with Crippen LogP contribution in [0, 0.1) is 11.6 Å². The summed E-state index contributed by atoms with van der Waals surface area (Å²) in [6, 6.07) is 10.9. The number of hydrogen-bond acceptors (Lipinski definition) is 4. The van der Waals surface area contributed by atoms with Gasteiger partial charge in [-0.15, -0.1) is 0 Å². The van der Waals surface area contributed by atoms with E-state index < -0.39 is 36.2 Å². The number of fused-ring (bicyclic) bond motifs is 1. The van der Waals surface area contributed by atoms with E-state index in [1.807, 2.05) is 0 Å². The molecule has 0 unspecified atom stereocenters. The van der Waals surface area contributed by atoms with Crippen LogP contribution in [0.25, 0.3) is 11.0 Å². The van der Waals surface area contributed by atoms with Crippen molar-refractivity contribution in [2.45, 2.75) is 13.0 Å². The molecule has 134 valence electrons. The van der Waals surface area contributed by atoms with Gasteiger partial charge in [-0.1, -0.05) is 24.3 Å². The van der Waals surface area contributed by atoms with Gasteiger partial charge in [0.15, 0.2) is 6.61 Å². The number of esters is 1. The SMILES string of the molecule is C[C@H](NC(=O)COC(=O)c1cc2ccccc2o1)c1ccc(F)cc1F. The first-order valence-electron chi connectivity index (χ1n) is 7.84. The van der Waals surface area contributed by atoms with E-state index >= 15 is 0 Å². The highest BCUT2D eigenvalue weighted by Crippen LogP contribution is 2.20. The predicted molar refractivity (Wildman–Crippen MR) is 89.4 cm³/mol. The molecule has 5 nitrogen and oxygen atoms in total. The van der Waals surface area contributed by atoms with E-state index in [1.165, 1.54) is 19.1 Å². The van der Waals surface area contributed by atoms with Crippen LogP contribution in [0.3, 0.4) is 0 Å². The van der Waals surface area contributed by atoms with Gasteiger partial charge in [0.05, 0.1) is 6.04 Å². The van der Waals surface area contributed by atoms with Gasteiger partial charge >= 0.3 is 5.97 Å². The van der Waals surface area contributed by atoms with E-state index in [0.29, 0.717) is 5.58 Å². The number of amides is 1. The first-order valence-corrected chi connectivity index (χ1v) is 7.84. The summed E-state index contributed by atoms with van der Waals surface area (Å²) in [5.74, 6) is -2.89. The summed E-state index contributed by atoms with van der Waals surface area (Å²) in [7, 11) is 0. The van der Waals surface area contributed by atoms with Crippen LogP contribution in [0.4, 0.5) is 8.78 Å². The molecule has 3 aromatic rings. The Bertz CT molecular complexity index is 934. The van der Waals surface area contributed by atoms with E-state index in [9.17, 15) is 18.4 Å². The fraction of sp³-hybridized carbons (Fsp3) is 0.158. The Hall–Kier alpha value is -3.22. The van der Waals surface area contributed by atoms with Crippen molar-refractivity contribution in [3.8, 4) is 0 Å². The Morgan fingerprint density at radius 2 is 1.92 bits per heavy atom. The number of benzene rings is 2. The Morgan fingerprint density at radius 3 is 2.65 bits per heavy atom. The van der Waals surface area contributed by atoms with Gasteiger partial charge < -0.3 is 14.5 Å². The minimum atomic E-state index is -0.781. The molecule has 1 N–H and O–H groups in total. The lowest BCUT2D eigenvalue weighted by atomic mass is 10.1. The molecule has 2 aromatic carbocycles. The Morgan fingerprint density at radius 1 is 1.15 bits per heavy atom. The molecule has 1 aromatic heterocycles. The third-order valence-electron chi connectivity index (χ3n) is 3.77. The second-order valence-corrected chi connectivity index (χ2v) is 5.68. The van der Waals surface area contributed by atoms with Gasteiger partial charge in [0.2, 0.25) is 5.76 Å². The van der Waals surface area contributed by atoms with E-state index in [-0.39, 0.29) is 11.3 Å². The molecule has 0 aliphatic rings. The summed E-state index contributed by atoms with van der Waals surface area (Å²) in [5.41, 5.74) is 0.660. The lowest BCUT2D eigenvalue weighted by molar-refractivity contribution is -0.124. The monoisotopic (exact) mass is 359 g/mol. The number of para-hydroxylation sites is 1. The van der Waals surface area contributed by atoms with Crippen LogP contribution in [0.5, 0.6) is 0 Å².